The van der Waals surface area contributed by atoms with Crippen LogP contribution in [0.2, 0.25) is 0 Å². The van der Waals surface area contributed by atoms with Crippen LogP contribution in [0.3, 0.4) is 0 Å². The van der Waals surface area contributed by atoms with Crippen molar-refractivity contribution in [1.29, 1.82) is 0 Å². The minimum absolute atomic E-state index is 0.188. The molecule has 0 fully saturated rings. The summed E-state index contributed by atoms with van der Waals surface area (Å²) in [5.74, 6) is -0.835. The predicted octanol–water partition coefficient (Wildman–Crippen LogP) is 0.137. The van der Waals surface area contributed by atoms with Crippen LogP contribution in [-0.2, 0) is 14.8 Å². The normalized spacial score (nSPS) is 12.1. The third kappa shape index (κ3) is 3.48. The molecule has 0 atom stereocenters. The Balaban J connectivity index is 3.08. The van der Waals surface area contributed by atoms with Crippen molar-refractivity contribution in [2.24, 2.45) is 5.73 Å². The van der Waals surface area contributed by atoms with E-state index < -0.39 is 26.4 Å². The number of amides is 1. The smallest absolute Gasteiger partial charge is 0.269 e. The van der Waals surface area contributed by atoms with Gasteiger partial charge < -0.3 is 5.73 Å². The first-order chi connectivity index (χ1) is 8.56. The van der Waals surface area contributed by atoms with Crippen molar-refractivity contribution in [2.45, 2.75) is 24.3 Å². The summed E-state index contributed by atoms with van der Waals surface area (Å²) in [7, 11) is -3.98. The standard InChI is InChI=1S/C10H13N3O5S/c1-10(2,9(11)14)12-19(17,18)8-5-3-7(4-6-8)13(15)16/h3-6,12H,1-2H3,(H2,11,14). The zero-order chi connectivity index (χ0) is 14.8. The molecule has 8 nitrogen and oxygen atoms in total. The number of nitro groups is 1. The van der Waals surface area contributed by atoms with E-state index >= 15 is 0 Å². The minimum atomic E-state index is -3.98. The number of nitrogens with zero attached hydrogens (tertiary/aromatic N) is 1. The Bertz CT molecular complexity index is 607. The molecule has 104 valence electrons. The lowest BCUT2D eigenvalue weighted by Gasteiger charge is -2.21. The molecule has 0 unspecified atom stereocenters. The van der Waals surface area contributed by atoms with E-state index in [0.29, 0.717) is 0 Å². The minimum Gasteiger partial charge on any atom is -0.368 e. The lowest BCUT2D eigenvalue weighted by molar-refractivity contribution is -0.384. The molecule has 1 amide bonds. The number of non-ortho nitro benzene ring substituents is 1. The number of hydrogen-bond donors (Lipinski definition) is 2. The highest BCUT2D eigenvalue weighted by molar-refractivity contribution is 7.89. The van der Waals surface area contributed by atoms with Crippen LogP contribution < -0.4 is 10.5 Å². The Morgan fingerprint density at radius 3 is 2.16 bits per heavy atom. The van der Waals surface area contributed by atoms with E-state index in [1.807, 2.05) is 0 Å². The first kappa shape index (κ1) is 15.1. The fraction of sp³-hybridized carbons (Fsp3) is 0.300. The highest BCUT2D eigenvalue weighted by Gasteiger charge is 2.31. The Kier molecular flexibility index (Phi) is 3.91. The number of rotatable bonds is 5. The van der Waals surface area contributed by atoms with Crippen LogP contribution >= 0.6 is 0 Å². The third-order valence-corrected chi connectivity index (χ3v) is 4.04. The third-order valence-electron chi connectivity index (χ3n) is 2.36. The SMILES string of the molecule is CC(C)(NS(=O)(=O)c1ccc([N+](=O)[O-])cc1)C(N)=O. The maximum atomic E-state index is 11.9. The van der Waals surface area contributed by atoms with Crippen LogP contribution in [0, 0.1) is 10.1 Å². The summed E-state index contributed by atoms with van der Waals surface area (Å²) in [6.07, 6.45) is 0. The fourth-order valence-corrected chi connectivity index (χ4v) is 2.58. The molecule has 0 saturated heterocycles. The quantitative estimate of drug-likeness (QED) is 0.587. The molecule has 0 aliphatic rings. The Morgan fingerprint density at radius 2 is 1.79 bits per heavy atom. The first-order valence-electron chi connectivity index (χ1n) is 5.14. The number of nitrogens with one attached hydrogen (secondary N) is 1. The van der Waals surface area contributed by atoms with Crippen molar-refractivity contribution in [3.63, 3.8) is 0 Å². The topological polar surface area (TPSA) is 132 Å². The van der Waals surface area contributed by atoms with E-state index in [4.69, 9.17) is 5.73 Å². The summed E-state index contributed by atoms with van der Waals surface area (Å²) in [5.41, 5.74) is 3.38. The van der Waals surface area contributed by atoms with Gasteiger partial charge in [0.2, 0.25) is 15.9 Å². The Labute approximate surface area is 109 Å². The number of hydrogen-bond acceptors (Lipinski definition) is 5. The Morgan fingerprint density at radius 1 is 1.32 bits per heavy atom. The van der Waals surface area contributed by atoms with Gasteiger partial charge in [-0.2, -0.15) is 4.72 Å². The number of nitro benzene ring substituents is 1. The van der Waals surface area contributed by atoms with Gasteiger partial charge in [-0.05, 0) is 26.0 Å². The summed E-state index contributed by atoms with van der Waals surface area (Å²) >= 11 is 0. The average molecular weight is 287 g/mol. The molecular weight excluding hydrogens is 274 g/mol. The second kappa shape index (κ2) is 4.94. The molecule has 0 bridgehead atoms. The molecule has 1 aromatic rings. The largest absolute Gasteiger partial charge is 0.368 e. The monoisotopic (exact) mass is 287 g/mol. The second-order valence-electron chi connectivity index (χ2n) is 4.35. The summed E-state index contributed by atoms with van der Waals surface area (Å²) in [5, 5.41) is 10.5. The van der Waals surface area contributed by atoms with Gasteiger partial charge in [-0.25, -0.2) is 8.42 Å². The lowest BCUT2D eigenvalue weighted by atomic mass is 10.1. The first-order valence-corrected chi connectivity index (χ1v) is 6.63. The van der Waals surface area contributed by atoms with E-state index in [1.165, 1.54) is 13.8 Å². The highest BCUT2D eigenvalue weighted by Crippen LogP contribution is 2.17. The molecule has 1 rings (SSSR count). The molecular formula is C10H13N3O5S. The second-order valence-corrected chi connectivity index (χ2v) is 6.03. The van der Waals surface area contributed by atoms with E-state index in [2.05, 4.69) is 4.72 Å². The van der Waals surface area contributed by atoms with Gasteiger partial charge in [0.1, 0.15) is 5.54 Å². The van der Waals surface area contributed by atoms with Crippen LogP contribution in [-0.4, -0.2) is 24.8 Å². The van der Waals surface area contributed by atoms with Gasteiger partial charge in [0.15, 0.2) is 0 Å². The molecule has 0 aliphatic heterocycles. The number of nitrogens with two attached hydrogens (primary N) is 1. The molecule has 0 aromatic heterocycles. The molecule has 1 aromatic carbocycles. The van der Waals surface area contributed by atoms with E-state index in [1.54, 1.807) is 0 Å². The van der Waals surface area contributed by atoms with Gasteiger partial charge in [-0.3, -0.25) is 14.9 Å². The van der Waals surface area contributed by atoms with Gasteiger partial charge in [0.05, 0.1) is 9.82 Å². The maximum Gasteiger partial charge on any atom is 0.269 e. The predicted molar refractivity (Wildman–Crippen MR) is 66.7 cm³/mol. The zero-order valence-electron chi connectivity index (χ0n) is 10.3. The van der Waals surface area contributed by atoms with Crippen molar-refractivity contribution < 1.29 is 18.1 Å². The molecule has 0 heterocycles. The van der Waals surface area contributed by atoms with Crippen LogP contribution in [0.15, 0.2) is 29.2 Å². The van der Waals surface area contributed by atoms with Crippen LogP contribution in [0.4, 0.5) is 5.69 Å². The van der Waals surface area contributed by atoms with Crippen molar-refractivity contribution in [2.75, 3.05) is 0 Å². The van der Waals surface area contributed by atoms with E-state index in [9.17, 15) is 23.3 Å². The fourth-order valence-electron chi connectivity index (χ4n) is 1.19. The van der Waals surface area contributed by atoms with Crippen molar-refractivity contribution in [3.8, 4) is 0 Å². The molecule has 0 radical (unpaired) electrons. The van der Waals surface area contributed by atoms with Crippen LogP contribution in [0.1, 0.15) is 13.8 Å². The summed E-state index contributed by atoms with van der Waals surface area (Å²) in [6, 6.07) is 4.28. The summed E-state index contributed by atoms with van der Waals surface area (Å²) in [4.78, 5) is 20.7. The maximum absolute atomic E-state index is 11.9. The van der Waals surface area contributed by atoms with Gasteiger partial charge >= 0.3 is 0 Å². The van der Waals surface area contributed by atoms with Gasteiger partial charge in [0.25, 0.3) is 5.69 Å². The molecule has 9 heteroatoms. The van der Waals surface area contributed by atoms with E-state index in [-0.39, 0.29) is 10.6 Å². The lowest BCUT2D eigenvalue weighted by Crippen LogP contribution is -2.52. The van der Waals surface area contributed by atoms with Gasteiger partial charge in [-0.15, -0.1) is 0 Å². The number of sulfonamides is 1. The zero-order valence-corrected chi connectivity index (χ0v) is 11.1. The number of carbonyl (C=O) groups is 1. The van der Waals surface area contributed by atoms with Crippen LogP contribution in [0.5, 0.6) is 0 Å². The Hall–Kier alpha value is -2.00. The molecule has 3 N–H and O–H groups in total. The van der Waals surface area contributed by atoms with Crippen molar-refractivity contribution in [3.05, 3.63) is 34.4 Å². The summed E-state index contributed by atoms with van der Waals surface area (Å²) < 4.78 is 26.0. The highest BCUT2D eigenvalue weighted by atomic mass is 32.2. The molecule has 0 spiro atoms. The number of primary amides is 1. The van der Waals surface area contributed by atoms with Crippen molar-refractivity contribution in [1.82, 2.24) is 4.72 Å². The van der Waals surface area contributed by atoms with Gasteiger partial charge in [-0.1, -0.05) is 0 Å². The summed E-state index contributed by atoms with van der Waals surface area (Å²) in [6.45, 7) is 2.64. The molecule has 19 heavy (non-hydrogen) atoms. The van der Waals surface area contributed by atoms with Crippen molar-refractivity contribution >= 4 is 21.6 Å². The number of benzene rings is 1. The molecule has 0 saturated carbocycles. The van der Waals surface area contributed by atoms with Crippen LogP contribution in [0.25, 0.3) is 0 Å². The average Bonchev–Trinajstić information content (AvgIpc) is 2.27. The number of carbonyl (C=O) groups excluding carboxylic acids is 1. The van der Waals surface area contributed by atoms with E-state index in [0.717, 1.165) is 24.3 Å². The molecule has 0 aliphatic carbocycles. The van der Waals surface area contributed by atoms with Gasteiger partial charge in [0, 0.05) is 12.1 Å².